The van der Waals surface area contributed by atoms with Crippen molar-refractivity contribution in [2.75, 3.05) is 0 Å². The largest absolute Gasteiger partial charge is 0.307 e. The normalized spacial score (nSPS) is 60.8. The Hall–Kier alpha value is -0.0800. The molecule has 2 aliphatic heterocycles. The molecule has 8 heavy (non-hydrogen) atoms. The van der Waals surface area contributed by atoms with Gasteiger partial charge in [0.15, 0.2) is 0 Å². The number of rotatable bonds is 0. The van der Waals surface area contributed by atoms with Gasteiger partial charge in [-0.25, -0.2) is 0 Å². The third kappa shape index (κ3) is 0.361. The molecular formula is C6H12N2. The smallest absolute Gasteiger partial charge is 0.0390 e. The fraction of sp³-hybridized carbons (Fsp3) is 1.00. The Morgan fingerprint density at radius 3 is 1.38 bits per heavy atom. The summed E-state index contributed by atoms with van der Waals surface area (Å²) in [5.41, 5.74) is 0. The second-order valence-electron chi connectivity index (χ2n) is 2.96. The predicted octanol–water partition coefficient (Wildman–Crippen LogP) is -0.293. The molecule has 2 aliphatic rings. The summed E-state index contributed by atoms with van der Waals surface area (Å²) in [5.74, 6) is 0. The summed E-state index contributed by atoms with van der Waals surface area (Å²) >= 11 is 0. The average molecular weight is 112 g/mol. The van der Waals surface area contributed by atoms with Gasteiger partial charge >= 0.3 is 0 Å². The first-order valence-electron chi connectivity index (χ1n) is 3.31. The molecule has 2 heterocycles. The van der Waals surface area contributed by atoms with Crippen molar-refractivity contribution in [3.8, 4) is 0 Å². The fourth-order valence-electron chi connectivity index (χ4n) is 1.70. The van der Waals surface area contributed by atoms with Crippen molar-refractivity contribution in [2.45, 2.75) is 38.0 Å². The molecule has 0 aromatic rings. The quantitative estimate of drug-likeness (QED) is 0.450. The minimum atomic E-state index is 0.719. The van der Waals surface area contributed by atoms with Crippen LogP contribution in [0.5, 0.6) is 0 Å². The van der Waals surface area contributed by atoms with Gasteiger partial charge in [0, 0.05) is 24.2 Å². The van der Waals surface area contributed by atoms with Crippen LogP contribution in [0.2, 0.25) is 0 Å². The molecule has 0 aromatic heterocycles. The van der Waals surface area contributed by atoms with E-state index in [2.05, 4.69) is 24.5 Å². The molecule has 46 valence electrons. The van der Waals surface area contributed by atoms with Crippen molar-refractivity contribution in [2.24, 2.45) is 0 Å². The van der Waals surface area contributed by atoms with Gasteiger partial charge in [0.25, 0.3) is 0 Å². The molecule has 2 nitrogen and oxygen atoms in total. The number of nitrogens with one attached hydrogen (secondary N) is 2. The Labute approximate surface area is 49.7 Å². The van der Waals surface area contributed by atoms with Gasteiger partial charge in [0.1, 0.15) is 0 Å². The van der Waals surface area contributed by atoms with Crippen LogP contribution >= 0.6 is 0 Å². The van der Waals surface area contributed by atoms with E-state index in [0.717, 1.165) is 24.2 Å². The molecule has 2 heteroatoms. The molecule has 4 atom stereocenters. The van der Waals surface area contributed by atoms with E-state index in [9.17, 15) is 0 Å². The minimum absolute atomic E-state index is 0.719. The highest BCUT2D eigenvalue weighted by Gasteiger charge is 2.48. The van der Waals surface area contributed by atoms with Gasteiger partial charge in [0.2, 0.25) is 0 Å². The van der Waals surface area contributed by atoms with Gasteiger partial charge in [-0.2, -0.15) is 0 Å². The van der Waals surface area contributed by atoms with Crippen molar-refractivity contribution < 1.29 is 0 Å². The Bertz CT molecular complexity index is 99.1. The highest BCUT2D eigenvalue weighted by atomic mass is 15.3. The highest BCUT2D eigenvalue weighted by molar-refractivity contribution is 5.14. The van der Waals surface area contributed by atoms with Crippen LogP contribution in [0, 0.1) is 0 Å². The zero-order valence-electron chi connectivity index (χ0n) is 5.31. The van der Waals surface area contributed by atoms with E-state index in [-0.39, 0.29) is 0 Å². The summed E-state index contributed by atoms with van der Waals surface area (Å²) in [6.45, 7) is 4.44. The first-order chi connectivity index (χ1) is 3.79. The molecule has 0 bridgehead atoms. The van der Waals surface area contributed by atoms with Crippen molar-refractivity contribution >= 4 is 0 Å². The van der Waals surface area contributed by atoms with Gasteiger partial charge < -0.3 is 10.6 Å². The Balaban J connectivity index is 1.96. The molecule has 0 aromatic carbocycles. The first kappa shape index (κ1) is 4.77. The Kier molecular flexibility index (Phi) is 0.746. The third-order valence-corrected chi connectivity index (χ3v) is 2.37. The molecule has 0 spiro atoms. The Morgan fingerprint density at radius 2 is 1.25 bits per heavy atom. The molecule has 2 fully saturated rings. The van der Waals surface area contributed by atoms with Gasteiger partial charge in [-0.3, -0.25) is 0 Å². The van der Waals surface area contributed by atoms with Crippen LogP contribution in [0.4, 0.5) is 0 Å². The van der Waals surface area contributed by atoms with E-state index < -0.39 is 0 Å². The van der Waals surface area contributed by atoms with Crippen molar-refractivity contribution in [3.05, 3.63) is 0 Å². The Morgan fingerprint density at radius 1 is 0.875 bits per heavy atom. The molecule has 0 saturated carbocycles. The van der Waals surface area contributed by atoms with Crippen LogP contribution in [-0.4, -0.2) is 24.2 Å². The van der Waals surface area contributed by atoms with Crippen molar-refractivity contribution in [1.29, 1.82) is 0 Å². The van der Waals surface area contributed by atoms with E-state index in [4.69, 9.17) is 0 Å². The molecule has 0 aliphatic carbocycles. The average Bonchev–Trinajstić information content (AvgIpc) is 1.76. The fourth-order valence-corrected chi connectivity index (χ4v) is 1.70. The van der Waals surface area contributed by atoms with E-state index >= 15 is 0 Å². The number of fused-ring (bicyclic) bond motifs is 1. The lowest BCUT2D eigenvalue weighted by Crippen LogP contribution is -2.84. The van der Waals surface area contributed by atoms with Crippen LogP contribution in [0.15, 0.2) is 0 Å². The van der Waals surface area contributed by atoms with Gasteiger partial charge in [-0.05, 0) is 13.8 Å². The molecular weight excluding hydrogens is 100 g/mol. The third-order valence-electron chi connectivity index (χ3n) is 2.37. The molecule has 0 radical (unpaired) electrons. The maximum atomic E-state index is 3.43. The minimum Gasteiger partial charge on any atom is -0.307 e. The summed E-state index contributed by atoms with van der Waals surface area (Å²) in [5, 5.41) is 6.86. The number of hydrogen-bond acceptors (Lipinski definition) is 2. The maximum absolute atomic E-state index is 3.43. The lowest BCUT2D eigenvalue weighted by atomic mass is 9.78. The SMILES string of the molecule is CC1NC2C(C)NC12. The van der Waals surface area contributed by atoms with Crippen molar-refractivity contribution in [1.82, 2.24) is 10.6 Å². The number of hydrogen-bond donors (Lipinski definition) is 2. The monoisotopic (exact) mass is 112 g/mol. The van der Waals surface area contributed by atoms with Gasteiger partial charge in [-0.1, -0.05) is 0 Å². The van der Waals surface area contributed by atoms with E-state index in [1.54, 1.807) is 0 Å². The van der Waals surface area contributed by atoms with Crippen LogP contribution < -0.4 is 10.6 Å². The summed E-state index contributed by atoms with van der Waals surface area (Å²) in [4.78, 5) is 0. The van der Waals surface area contributed by atoms with E-state index in [1.165, 1.54) is 0 Å². The van der Waals surface area contributed by atoms with Crippen LogP contribution in [-0.2, 0) is 0 Å². The van der Waals surface area contributed by atoms with Crippen LogP contribution in [0.3, 0.4) is 0 Å². The lowest BCUT2D eigenvalue weighted by Gasteiger charge is -2.58. The first-order valence-corrected chi connectivity index (χ1v) is 3.31. The molecule has 4 unspecified atom stereocenters. The van der Waals surface area contributed by atoms with Crippen LogP contribution in [0.1, 0.15) is 13.8 Å². The van der Waals surface area contributed by atoms with Crippen LogP contribution in [0.25, 0.3) is 0 Å². The lowest BCUT2D eigenvalue weighted by molar-refractivity contribution is 0.0552. The zero-order chi connectivity index (χ0) is 5.72. The van der Waals surface area contributed by atoms with Gasteiger partial charge in [0.05, 0.1) is 0 Å². The summed E-state index contributed by atoms with van der Waals surface area (Å²) in [6, 6.07) is 3.03. The molecule has 0 amide bonds. The standard InChI is InChI=1S/C6H12N2/c1-3-5-6(7-3)4(2)8-5/h3-8H,1-2H3. The second-order valence-corrected chi connectivity index (χ2v) is 2.96. The van der Waals surface area contributed by atoms with Crippen molar-refractivity contribution in [3.63, 3.8) is 0 Å². The predicted molar refractivity (Wildman–Crippen MR) is 32.8 cm³/mol. The molecule has 2 rings (SSSR count). The summed E-state index contributed by atoms with van der Waals surface area (Å²) in [7, 11) is 0. The maximum Gasteiger partial charge on any atom is 0.0390 e. The molecule has 2 saturated heterocycles. The van der Waals surface area contributed by atoms with E-state index in [0.29, 0.717) is 0 Å². The highest BCUT2D eigenvalue weighted by Crippen LogP contribution is 2.24. The zero-order valence-corrected chi connectivity index (χ0v) is 5.31. The number of piperazine rings is 1. The van der Waals surface area contributed by atoms with E-state index in [1.807, 2.05) is 0 Å². The summed E-state index contributed by atoms with van der Waals surface area (Å²) in [6.07, 6.45) is 0. The second kappa shape index (κ2) is 1.25. The summed E-state index contributed by atoms with van der Waals surface area (Å²) < 4.78 is 0. The van der Waals surface area contributed by atoms with Gasteiger partial charge in [-0.15, -0.1) is 0 Å². The molecule has 2 N–H and O–H groups in total. The topological polar surface area (TPSA) is 24.1 Å².